The maximum atomic E-state index is 13.3. The van der Waals surface area contributed by atoms with E-state index in [1.807, 2.05) is 0 Å². The van der Waals surface area contributed by atoms with E-state index < -0.39 is 29.4 Å². The van der Waals surface area contributed by atoms with Crippen LogP contribution < -0.4 is 10.6 Å². The number of amides is 2. The number of fused-ring (bicyclic) bond motifs is 1. The van der Waals surface area contributed by atoms with Crippen molar-refractivity contribution in [2.24, 2.45) is 0 Å². The van der Waals surface area contributed by atoms with Crippen LogP contribution in [0.15, 0.2) is 48.7 Å². The first-order valence-corrected chi connectivity index (χ1v) is 7.30. The highest BCUT2D eigenvalue weighted by molar-refractivity contribution is 6.44. The number of aromatic nitrogens is 1. The average Bonchev–Trinajstić information content (AvgIpc) is 2.96. The molecule has 0 atom stereocenters. The molecule has 0 saturated heterocycles. The molecule has 3 N–H and O–H groups in total. The van der Waals surface area contributed by atoms with Gasteiger partial charge in [-0.3, -0.25) is 9.59 Å². The Hall–Kier alpha value is -3.36. The van der Waals surface area contributed by atoms with Crippen LogP contribution in [0.25, 0.3) is 10.9 Å². The summed E-state index contributed by atoms with van der Waals surface area (Å²) in [5.41, 5.74) is -0.0826. The number of alkyl halides is 3. The predicted octanol–water partition coefficient (Wildman–Crippen LogP) is 3.90. The standard InChI is InChI=1S/C17H11F4N3O2/c18-10-3-6-13-12(7-10)14(8-22-13)24-16(26)15(25)23-11-4-1-9(2-5-11)17(19,20)21/h1-8,22H,(H,23,25)(H,24,26). The van der Waals surface area contributed by atoms with Gasteiger partial charge in [-0.15, -0.1) is 0 Å². The number of halogens is 4. The summed E-state index contributed by atoms with van der Waals surface area (Å²) in [6.07, 6.45) is -3.10. The van der Waals surface area contributed by atoms with Crippen molar-refractivity contribution < 1.29 is 27.2 Å². The molecule has 0 aliphatic carbocycles. The second-order valence-corrected chi connectivity index (χ2v) is 5.38. The lowest BCUT2D eigenvalue weighted by molar-refractivity contribution is -0.137. The number of aromatic amines is 1. The first-order chi connectivity index (χ1) is 12.2. The molecule has 3 rings (SSSR count). The third kappa shape index (κ3) is 3.66. The van der Waals surface area contributed by atoms with E-state index in [1.54, 1.807) is 0 Å². The second-order valence-electron chi connectivity index (χ2n) is 5.38. The summed E-state index contributed by atoms with van der Waals surface area (Å²) in [5, 5.41) is 4.88. The summed E-state index contributed by atoms with van der Waals surface area (Å²) in [7, 11) is 0. The molecule has 2 amide bonds. The molecule has 3 aromatic rings. The molecule has 0 unspecified atom stereocenters. The van der Waals surface area contributed by atoms with Crippen LogP contribution in [0.4, 0.5) is 28.9 Å². The number of benzene rings is 2. The van der Waals surface area contributed by atoms with E-state index in [2.05, 4.69) is 15.6 Å². The Labute approximate surface area is 144 Å². The molecule has 0 saturated carbocycles. The van der Waals surface area contributed by atoms with E-state index in [9.17, 15) is 27.2 Å². The number of hydrogen-bond donors (Lipinski definition) is 3. The smallest absolute Gasteiger partial charge is 0.359 e. The van der Waals surface area contributed by atoms with E-state index in [1.165, 1.54) is 24.4 Å². The lowest BCUT2D eigenvalue weighted by Gasteiger charge is -2.09. The maximum absolute atomic E-state index is 13.3. The Morgan fingerprint density at radius 3 is 2.23 bits per heavy atom. The second kappa shape index (κ2) is 6.51. The number of carbonyl (C=O) groups is 2. The Morgan fingerprint density at radius 2 is 1.58 bits per heavy atom. The SMILES string of the molecule is O=C(Nc1ccc(C(F)(F)F)cc1)C(=O)Nc1c[nH]c2ccc(F)cc12. The van der Waals surface area contributed by atoms with Crippen molar-refractivity contribution in [3.05, 3.63) is 60.0 Å². The van der Waals surface area contributed by atoms with Gasteiger partial charge in [0.2, 0.25) is 0 Å². The minimum Gasteiger partial charge on any atom is -0.359 e. The van der Waals surface area contributed by atoms with Crippen LogP contribution >= 0.6 is 0 Å². The number of rotatable bonds is 2. The summed E-state index contributed by atoms with van der Waals surface area (Å²) in [5.74, 6) is -2.63. The van der Waals surface area contributed by atoms with Gasteiger partial charge in [0.05, 0.1) is 11.3 Å². The van der Waals surface area contributed by atoms with E-state index in [4.69, 9.17) is 0 Å². The summed E-state index contributed by atoms with van der Waals surface area (Å²) in [6, 6.07) is 7.55. The molecule has 134 valence electrons. The zero-order valence-electron chi connectivity index (χ0n) is 12.9. The molecule has 0 fully saturated rings. The van der Waals surface area contributed by atoms with Crippen molar-refractivity contribution in [2.75, 3.05) is 10.6 Å². The summed E-state index contributed by atoms with van der Waals surface area (Å²) >= 11 is 0. The van der Waals surface area contributed by atoms with Gasteiger partial charge < -0.3 is 15.6 Å². The highest BCUT2D eigenvalue weighted by atomic mass is 19.4. The third-order valence-electron chi connectivity index (χ3n) is 3.57. The molecule has 0 aliphatic rings. The average molecular weight is 365 g/mol. The Bertz CT molecular complexity index is 978. The van der Waals surface area contributed by atoms with Crippen molar-refractivity contribution in [3.63, 3.8) is 0 Å². The molecular weight excluding hydrogens is 354 g/mol. The molecule has 1 aromatic heterocycles. The monoisotopic (exact) mass is 365 g/mol. The van der Waals surface area contributed by atoms with Gasteiger partial charge >= 0.3 is 18.0 Å². The Kier molecular flexibility index (Phi) is 4.37. The first kappa shape index (κ1) is 17.5. The summed E-state index contributed by atoms with van der Waals surface area (Å²) < 4.78 is 50.8. The molecule has 0 radical (unpaired) electrons. The van der Waals surface area contributed by atoms with Crippen LogP contribution in [0.2, 0.25) is 0 Å². The van der Waals surface area contributed by atoms with Gasteiger partial charge in [-0.05, 0) is 42.5 Å². The minimum absolute atomic E-state index is 0.0307. The molecule has 9 heteroatoms. The van der Waals surface area contributed by atoms with Crippen molar-refractivity contribution in [1.29, 1.82) is 0 Å². The van der Waals surface area contributed by atoms with Gasteiger partial charge in [0, 0.05) is 22.8 Å². The Morgan fingerprint density at radius 1 is 0.923 bits per heavy atom. The quantitative estimate of drug-likeness (QED) is 0.476. The fourth-order valence-corrected chi connectivity index (χ4v) is 2.31. The third-order valence-corrected chi connectivity index (χ3v) is 3.57. The summed E-state index contributed by atoms with van der Waals surface area (Å²) in [6.45, 7) is 0. The highest BCUT2D eigenvalue weighted by Crippen LogP contribution is 2.30. The van der Waals surface area contributed by atoms with Crippen LogP contribution in [0.5, 0.6) is 0 Å². The van der Waals surface area contributed by atoms with Crippen LogP contribution in [0, 0.1) is 5.82 Å². The van der Waals surface area contributed by atoms with Crippen molar-refractivity contribution >= 4 is 34.1 Å². The molecule has 1 heterocycles. The van der Waals surface area contributed by atoms with E-state index in [0.29, 0.717) is 10.9 Å². The number of hydrogen-bond acceptors (Lipinski definition) is 2. The van der Waals surface area contributed by atoms with Crippen LogP contribution in [0.3, 0.4) is 0 Å². The van der Waals surface area contributed by atoms with E-state index in [-0.39, 0.29) is 11.4 Å². The van der Waals surface area contributed by atoms with Crippen molar-refractivity contribution in [3.8, 4) is 0 Å². The molecule has 0 bridgehead atoms. The molecular formula is C17H11F4N3O2. The van der Waals surface area contributed by atoms with Gasteiger partial charge in [0.15, 0.2) is 0 Å². The number of anilines is 2. The van der Waals surface area contributed by atoms with E-state index in [0.717, 1.165) is 24.3 Å². The van der Waals surface area contributed by atoms with Gasteiger partial charge in [-0.1, -0.05) is 0 Å². The van der Waals surface area contributed by atoms with Gasteiger partial charge in [0.25, 0.3) is 0 Å². The minimum atomic E-state index is -4.50. The maximum Gasteiger partial charge on any atom is 0.416 e. The highest BCUT2D eigenvalue weighted by Gasteiger charge is 2.30. The topological polar surface area (TPSA) is 74.0 Å². The Balaban J connectivity index is 1.69. The van der Waals surface area contributed by atoms with Crippen LogP contribution in [-0.4, -0.2) is 16.8 Å². The normalized spacial score (nSPS) is 11.4. The van der Waals surface area contributed by atoms with Gasteiger partial charge in [-0.25, -0.2) is 4.39 Å². The molecule has 5 nitrogen and oxygen atoms in total. The van der Waals surface area contributed by atoms with E-state index >= 15 is 0 Å². The van der Waals surface area contributed by atoms with Crippen LogP contribution in [-0.2, 0) is 15.8 Å². The van der Waals surface area contributed by atoms with Gasteiger partial charge in [0.1, 0.15) is 5.82 Å². The lowest BCUT2D eigenvalue weighted by atomic mass is 10.2. The first-order valence-electron chi connectivity index (χ1n) is 7.30. The molecule has 0 aliphatic heterocycles. The van der Waals surface area contributed by atoms with Gasteiger partial charge in [-0.2, -0.15) is 13.2 Å². The predicted molar refractivity (Wildman–Crippen MR) is 87.0 cm³/mol. The summed E-state index contributed by atoms with van der Waals surface area (Å²) in [4.78, 5) is 26.7. The van der Waals surface area contributed by atoms with Crippen LogP contribution in [0.1, 0.15) is 5.56 Å². The number of carbonyl (C=O) groups excluding carboxylic acids is 2. The molecule has 2 aromatic carbocycles. The van der Waals surface area contributed by atoms with Crippen molar-refractivity contribution in [2.45, 2.75) is 6.18 Å². The number of H-pyrrole nitrogens is 1. The fraction of sp³-hybridized carbons (Fsp3) is 0.0588. The fourth-order valence-electron chi connectivity index (χ4n) is 2.31. The van der Waals surface area contributed by atoms with Crippen molar-refractivity contribution in [1.82, 2.24) is 4.98 Å². The number of nitrogens with one attached hydrogen (secondary N) is 3. The molecule has 26 heavy (non-hydrogen) atoms. The zero-order chi connectivity index (χ0) is 18.9. The zero-order valence-corrected chi connectivity index (χ0v) is 12.9. The molecule has 0 spiro atoms. The lowest BCUT2D eigenvalue weighted by Crippen LogP contribution is -2.29. The largest absolute Gasteiger partial charge is 0.416 e.